The highest BCUT2D eigenvalue weighted by Gasteiger charge is 2.16. The molecule has 0 aliphatic rings. The summed E-state index contributed by atoms with van der Waals surface area (Å²) in [7, 11) is 0. The Morgan fingerprint density at radius 2 is 1.88 bits per heavy atom. The summed E-state index contributed by atoms with van der Waals surface area (Å²) in [6, 6.07) is 7.03. The van der Waals surface area contributed by atoms with Crippen LogP contribution < -0.4 is 10.6 Å². The molecule has 5 heteroatoms. The molecule has 3 N–H and O–H groups in total. The highest BCUT2D eigenvalue weighted by atomic mass is 16.4. The number of hydrogen-bond donors (Lipinski definition) is 2. The molecule has 1 aromatic rings. The number of carbonyl (C=O) groups excluding carboxylic acids is 1. The lowest BCUT2D eigenvalue weighted by molar-refractivity contribution is -0.136. The van der Waals surface area contributed by atoms with Crippen LogP contribution in [0.1, 0.15) is 5.56 Å². The fraction of sp³-hybridized carbons (Fsp3) is 0.273. The lowest BCUT2D eigenvalue weighted by Gasteiger charge is -2.20. The Balaban J connectivity index is 2.96. The lowest BCUT2D eigenvalue weighted by Crippen LogP contribution is -2.39. The molecule has 0 saturated carbocycles. The molecule has 0 spiro atoms. The minimum atomic E-state index is -1.07. The van der Waals surface area contributed by atoms with Gasteiger partial charge in [0.15, 0.2) is 0 Å². The van der Waals surface area contributed by atoms with E-state index in [-0.39, 0.29) is 13.1 Å². The van der Waals surface area contributed by atoms with Gasteiger partial charge in [0.05, 0.1) is 6.54 Å². The van der Waals surface area contributed by atoms with Gasteiger partial charge in [0.25, 0.3) is 0 Å². The van der Waals surface area contributed by atoms with E-state index < -0.39 is 11.9 Å². The van der Waals surface area contributed by atoms with Gasteiger partial charge in [0.2, 0.25) is 5.91 Å². The van der Waals surface area contributed by atoms with Crippen LogP contribution in [0.5, 0.6) is 0 Å². The summed E-state index contributed by atoms with van der Waals surface area (Å²) in [5, 5.41) is 8.71. The minimum absolute atomic E-state index is 0.207. The topological polar surface area (TPSA) is 83.6 Å². The third kappa shape index (κ3) is 3.06. The average molecular weight is 222 g/mol. The van der Waals surface area contributed by atoms with Crippen molar-refractivity contribution in [2.24, 2.45) is 5.73 Å². The number of benzene rings is 1. The second-order valence-electron chi connectivity index (χ2n) is 3.41. The van der Waals surface area contributed by atoms with Crippen LogP contribution in [0.4, 0.5) is 5.69 Å². The first-order chi connectivity index (χ1) is 7.54. The number of carbonyl (C=O) groups is 2. The van der Waals surface area contributed by atoms with Crippen molar-refractivity contribution in [1.82, 2.24) is 0 Å². The summed E-state index contributed by atoms with van der Waals surface area (Å²) >= 11 is 0. The molecule has 0 fully saturated rings. The van der Waals surface area contributed by atoms with Crippen LogP contribution in [0, 0.1) is 6.92 Å². The molecule has 1 aromatic carbocycles. The van der Waals surface area contributed by atoms with Crippen molar-refractivity contribution in [3.63, 3.8) is 0 Å². The van der Waals surface area contributed by atoms with Gasteiger partial charge >= 0.3 is 5.97 Å². The Morgan fingerprint density at radius 1 is 1.31 bits per heavy atom. The Morgan fingerprint density at radius 3 is 2.31 bits per heavy atom. The third-order valence-electron chi connectivity index (χ3n) is 2.11. The number of aryl methyl sites for hydroxylation is 1. The summed E-state index contributed by atoms with van der Waals surface area (Å²) in [5.41, 5.74) is 6.82. The predicted molar refractivity (Wildman–Crippen MR) is 60.2 cm³/mol. The molecular weight excluding hydrogens is 208 g/mol. The molecule has 1 amide bonds. The van der Waals surface area contributed by atoms with Crippen molar-refractivity contribution in [1.29, 1.82) is 0 Å². The molecule has 0 saturated heterocycles. The zero-order valence-corrected chi connectivity index (χ0v) is 9.01. The van der Waals surface area contributed by atoms with E-state index in [0.717, 1.165) is 10.5 Å². The van der Waals surface area contributed by atoms with Gasteiger partial charge in [-0.25, -0.2) is 0 Å². The minimum Gasteiger partial charge on any atom is -0.480 e. The summed E-state index contributed by atoms with van der Waals surface area (Å²) in [6.07, 6.45) is 0. The first-order valence-electron chi connectivity index (χ1n) is 4.83. The van der Waals surface area contributed by atoms with Gasteiger partial charge in [-0.2, -0.15) is 0 Å². The molecule has 0 bridgehead atoms. The van der Waals surface area contributed by atoms with Gasteiger partial charge in [-0.3, -0.25) is 9.59 Å². The number of aliphatic carboxylic acids is 1. The SMILES string of the molecule is Cc1ccc(N(CC(=O)O)C(=O)CN)cc1. The first-order valence-corrected chi connectivity index (χ1v) is 4.83. The zero-order chi connectivity index (χ0) is 12.1. The monoisotopic (exact) mass is 222 g/mol. The second-order valence-corrected chi connectivity index (χ2v) is 3.41. The molecule has 0 unspecified atom stereocenters. The van der Waals surface area contributed by atoms with E-state index in [0.29, 0.717) is 5.69 Å². The number of carboxylic acids is 1. The van der Waals surface area contributed by atoms with E-state index in [1.807, 2.05) is 19.1 Å². The van der Waals surface area contributed by atoms with E-state index in [9.17, 15) is 9.59 Å². The van der Waals surface area contributed by atoms with Crippen molar-refractivity contribution in [2.45, 2.75) is 6.92 Å². The Kier molecular flexibility index (Phi) is 4.02. The molecule has 0 aliphatic carbocycles. The van der Waals surface area contributed by atoms with Gasteiger partial charge in [0.1, 0.15) is 6.54 Å². The zero-order valence-electron chi connectivity index (χ0n) is 9.01. The second kappa shape index (κ2) is 5.27. The maximum absolute atomic E-state index is 11.5. The fourth-order valence-electron chi connectivity index (χ4n) is 1.29. The van der Waals surface area contributed by atoms with Crippen LogP contribution in [0.15, 0.2) is 24.3 Å². The van der Waals surface area contributed by atoms with Crippen LogP contribution in [0.3, 0.4) is 0 Å². The molecule has 16 heavy (non-hydrogen) atoms. The molecule has 0 aliphatic heterocycles. The van der Waals surface area contributed by atoms with Crippen LogP contribution in [-0.4, -0.2) is 30.1 Å². The maximum Gasteiger partial charge on any atom is 0.323 e. The average Bonchev–Trinajstić information content (AvgIpc) is 2.26. The number of anilines is 1. The predicted octanol–water partition coefficient (Wildman–Crippen LogP) is 0.371. The van der Waals surface area contributed by atoms with E-state index in [1.54, 1.807) is 12.1 Å². The van der Waals surface area contributed by atoms with Crippen molar-refractivity contribution in [3.8, 4) is 0 Å². The van der Waals surface area contributed by atoms with E-state index in [2.05, 4.69) is 0 Å². The molecule has 0 atom stereocenters. The van der Waals surface area contributed by atoms with Crippen molar-refractivity contribution < 1.29 is 14.7 Å². The van der Waals surface area contributed by atoms with Gasteiger partial charge in [-0.1, -0.05) is 17.7 Å². The molecule has 5 nitrogen and oxygen atoms in total. The van der Waals surface area contributed by atoms with E-state index >= 15 is 0 Å². The lowest BCUT2D eigenvalue weighted by atomic mass is 10.2. The van der Waals surface area contributed by atoms with Gasteiger partial charge < -0.3 is 15.7 Å². The van der Waals surface area contributed by atoms with Crippen LogP contribution in [-0.2, 0) is 9.59 Å². The normalized spacial score (nSPS) is 9.88. The smallest absolute Gasteiger partial charge is 0.323 e. The number of carboxylic acid groups (broad SMARTS) is 1. The highest BCUT2D eigenvalue weighted by Crippen LogP contribution is 2.14. The number of amides is 1. The standard InChI is InChI=1S/C11H14N2O3/c1-8-2-4-9(5-3-8)13(7-11(15)16)10(14)6-12/h2-5H,6-7,12H2,1H3,(H,15,16). The third-order valence-corrected chi connectivity index (χ3v) is 2.11. The Hall–Kier alpha value is -1.88. The molecule has 0 aromatic heterocycles. The summed E-state index contributed by atoms with van der Waals surface area (Å²) < 4.78 is 0. The Labute approximate surface area is 93.5 Å². The van der Waals surface area contributed by atoms with Crippen LogP contribution in [0.25, 0.3) is 0 Å². The van der Waals surface area contributed by atoms with Crippen LogP contribution in [0.2, 0.25) is 0 Å². The van der Waals surface area contributed by atoms with Crippen molar-refractivity contribution >= 4 is 17.6 Å². The van der Waals surface area contributed by atoms with E-state index in [1.165, 1.54) is 0 Å². The van der Waals surface area contributed by atoms with Crippen LogP contribution >= 0.6 is 0 Å². The van der Waals surface area contributed by atoms with Gasteiger partial charge in [-0.05, 0) is 19.1 Å². The van der Waals surface area contributed by atoms with E-state index in [4.69, 9.17) is 10.8 Å². The Bertz CT molecular complexity index is 387. The first kappa shape index (κ1) is 12.2. The number of rotatable bonds is 4. The fourth-order valence-corrected chi connectivity index (χ4v) is 1.29. The summed E-state index contributed by atoms with van der Waals surface area (Å²) in [4.78, 5) is 23.3. The molecular formula is C11H14N2O3. The highest BCUT2D eigenvalue weighted by molar-refractivity contribution is 5.98. The molecule has 0 radical (unpaired) electrons. The van der Waals surface area contributed by atoms with Crippen molar-refractivity contribution in [3.05, 3.63) is 29.8 Å². The number of hydrogen-bond acceptors (Lipinski definition) is 3. The quantitative estimate of drug-likeness (QED) is 0.771. The molecule has 1 rings (SSSR count). The largest absolute Gasteiger partial charge is 0.480 e. The number of nitrogens with two attached hydrogens (primary N) is 1. The summed E-state index contributed by atoms with van der Waals surface area (Å²) in [6.45, 7) is 1.33. The maximum atomic E-state index is 11.5. The number of nitrogens with zero attached hydrogens (tertiary/aromatic N) is 1. The van der Waals surface area contributed by atoms with Gasteiger partial charge in [-0.15, -0.1) is 0 Å². The van der Waals surface area contributed by atoms with Crippen molar-refractivity contribution in [2.75, 3.05) is 18.0 Å². The summed E-state index contributed by atoms with van der Waals surface area (Å²) in [5.74, 6) is -1.48. The molecule has 86 valence electrons. The van der Waals surface area contributed by atoms with Gasteiger partial charge in [0, 0.05) is 5.69 Å². The molecule has 0 heterocycles.